The van der Waals surface area contributed by atoms with Gasteiger partial charge in [-0.25, -0.2) is 8.42 Å². The average molecular weight is 529 g/mol. The van der Waals surface area contributed by atoms with E-state index in [1.165, 1.54) is 25.3 Å². The molecule has 4 rings (SSSR count). The molecule has 0 unspecified atom stereocenters. The van der Waals surface area contributed by atoms with Crippen LogP contribution in [0.25, 0.3) is 0 Å². The molecule has 0 aromatic heterocycles. The Bertz CT molecular complexity index is 1290. The van der Waals surface area contributed by atoms with Gasteiger partial charge < -0.3 is 19.9 Å². The molecule has 0 aliphatic carbocycles. The molecule has 1 amide bonds. The number of sulfonamides is 1. The number of amides is 1. The van der Waals surface area contributed by atoms with Crippen molar-refractivity contribution in [1.82, 2.24) is 4.90 Å². The third-order valence-electron chi connectivity index (χ3n) is 6.05. The van der Waals surface area contributed by atoms with E-state index in [1.807, 2.05) is 24.3 Å². The summed E-state index contributed by atoms with van der Waals surface area (Å²) >= 11 is 6.13. The van der Waals surface area contributed by atoms with Gasteiger partial charge in [0.1, 0.15) is 12.3 Å². The molecule has 0 radical (unpaired) electrons. The number of ether oxygens (including phenoxy) is 1. The smallest absolute Gasteiger partial charge is 0.264 e. The number of carbonyl (C=O) groups is 1. The second-order valence-corrected chi connectivity index (χ2v) is 10.9. The Morgan fingerprint density at radius 2 is 1.67 bits per heavy atom. The third kappa shape index (κ3) is 6.10. The lowest BCUT2D eigenvalue weighted by molar-refractivity contribution is -0.114. The minimum absolute atomic E-state index is 0.0348. The summed E-state index contributed by atoms with van der Waals surface area (Å²) in [7, 11) is -0.449. The first kappa shape index (κ1) is 25.8. The average Bonchev–Trinajstić information content (AvgIpc) is 2.88. The second kappa shape index (κ2) is 11.2. The minimum Gasteiger partial charge on any atom is -0.497 e. The lowest BCUT2D eigenvalue weighted by Gasteiger charge is -2.34. The molecule has 1 heterocycles. The second-order valence-electron chi connectivity index (χ2n) is 8.55. The number of methoxy groups -OCH3 is 1. The Kier molecular flexibility index (Phi) is 8.03. The SMILES string of the molecule is COc1ccc(S(=O)(=O)N(CC(=O)Nc2ccc(N3CCN(C)CC3)cc2)c2cccc(Cl)c2)cc1. The zero-order chi connectivity index (χ0) is 25.7. The monoisotopic (exact) mass is 528 g/mol. The van der Waals surface area contributed by atoms with Gasteiger partial charge in [0.2, 0.25) is 5.91 Å². The molecule has 1 aliphatic rings. The van der Waals surface area contributed by atoms with Crippen LogP contribution >= 0.6 is 11.6 Å². The molecular weight excluding hydrogens is 500 g/mol. The maximum Gasteiger partial charge on any atom is 0.264 e. The number of anilines is 3. The number of likely N-dealkylation sites (N-methyl/N-ethyl adjacent to an activating group) is 1. The summed E-state index contributed by atoms with van der Waals surface area (Å²) in [5, 5.41) is 3.17. The highest BCUT2D eigenvalue weighted by molar-refractivity contribution is 7.92. The molecule has 36 heavy (non-hydrogen) atoms. The summed E-state index contributed by atoms with van der Waals surface area (Å²) < 4.78 is 33.2. The van der Waals surface area contributed by atoms with Crippen LogP contribution < -0.4 is 19.3 Å². The third-order valence-corrected chi connectivity index (χ3v) is 8.07. The van der Waals surface area contributed by atoms with E-state index >= 15 is 0 Å². The largest absolute Gasteiger partial charge is 0.497 e. The molecule has 8 nitrogen and oxygen atoms in total. The highest BCUT2D eigenvalue weighted by atomic mass is 35.5. The van der Waals surface area contributed by atoms with Crippen molar-refractivity contribution in [3.05, 3.63) is 77.8 Å². The zero-order valence-corrected chi connectivity index (χ0v) is 21.8. The molecule has 0 atom stereocenters. The van der Waals surface area contributed by atoms with Crippen LogP contribution in [0.5, 0.6) is 5.75 Å². The van der Waals surface area contributed by atoms with Crippen LogP contribution in [0.1, 0.15) is 0 Å². The summed E-state index contributed by atoms with van der Waals surface area (Å²) in [5.41, 5.74) is 1.97. The van der Waals surface area contributed by atoms with Gasteiger partial charge in [0.25, 0.3) is 10.0 Å². The number of nitrogens with one attached hydrogen (secondary N) is 1. The van der Waals surface area contributed by atoms with Crippen molar-refractivity contribution >= 4 is 44.6 Å². The first-order valence-electron chi connectivity index (χ1n) is 11.5. The van der Waals surface area contributed by atoms with Gasteiger partial charge in [-0.05, 0) is 73.8 Å². The van der Waals surface area contributed by atoms with E-state index < -0.39 is 22.5 Å². The first-order valence-corrected chi connectivity index (χ1v) is 13.3. The number of benzene rings is 3. The fraction of sp³-hybridized carbons (Fsp3) is 0.269. The molecule has 1 fully saturated rings. The van der Waals surface area contributed by atoms with Crippen LogP contribution in [0.15, 0.2) is 77.7 Å². The van der Waals surface area contributed by atoms with Crippen molar-refractivity contribution in [2.45, 2.75) is 4.90 Å². The van der Waals surface area contributed by atoms with Gasteiger partial charge in [-0.15, -0.1) is 0 Å². The molecule has 10 heteroatoms. The molecule has 0 spiro atoms. The predicted molar refractivity (Wildman–Crippen MR) is 144 cm³/mol. The molecular formula is C26H29ClN4O4S. The van der Waals surface area contributed by atoms with E-state index in [1.54, 1.807) is 30.3 Å². The van der Waals surface area contributed by atoms with Crippen LogP contribution in [-0.2, 0) is 14.8 Å². The fourth-order valence-corrected chi connectivity index (χ4v) is 5.57. The number of carbonyl (C=O) groups excluding carboxylic acids is 1. The molecule has 1 saturated heterocycles. The van der Waals surface area contributed by atoms with Crippen molar-refractivity contribution < 1.29 is 17.9 Å². The maximum absolute atomic E-state index is 13.5. The normalized spacial score (nSPS) is 14.4. The van der Waals surface area contributed by atoms with E-state index in [4.69, 9.17) is 16.3 Å². The molecule has 3 aromatic rings. The summed E-state index contributed by atoms with van der Waals surface area (Å²) in [6.45, 7) is 3.47. The van der Waals surface area contributed by atoms with Gasteiger partial charge in [-0.2, -0.15) is 0 Å². The highest BCUT2D eigenvalue weighted by Crippen LogP contribution is 2.27. The standard InChI is InChI=1S/C26H29ClN4O4S/c1-29-14-16-30(17-15-29)22-8-6-21(7-9-22)28-26(32)19-31(23-5-3-4-20(27)18-23)36(33,34)25-12-10-24(35-2)11-13-25/h3-13,18H,14-17,19H2,1-2H3,(H,28,32). The predicted octanol–water partition coefficient (Wildman–Crippen LogP) is 3.93. The van der Waals surface area contributed by atoms with Crippen molar-refractivity contribution in [3.63, 3.8) is 0 Å². The van der Waals surface area contributed by atoms with Crippen LogP contribution in [-0.4, -0.2) is 66.1 Å². The number of hydrogen-bond donors (Lipinski definition) is 1. The summed E-state index contributed by atoms with van der Waals surface area (Å²) in [5.74, 6) is 0.0560. The number of hydrogen-bond acceptors (Lipinski definition) is 6. The lowest BCUT2D eigenvalue weighted by Crippen LogP contribution is -2.44. The number of halogens is 1. The summed E-state index contributed by atoms with van der Waals surface area (Å²) in [6, 6.07) is 20.0. The molecule has 0 saturated carbocycles. The van der Waals surface area contributed by atoms with Gasteiger partial charge in [0.15, 0.2) is 0 Å². The van der Waals surface area contributed by atoms with E-state index in [0.717, 1.165) is 36.2 Å². The molecule has 1 N–H and O–H groups in total. The molecule has 190 valence electrons. The maximum atomic E-state index is 13.5. The van der Waals surface area contributed by atoms with Crippen molar-refractivity contribution in [3.8, 4) is 5.75 Å². The van der Waals surface area contributed by atoms with Crippen molar-refractivity contribution in [2.75, 3.05) is 61.4 Å². The van der Waals surface area contributed by atoms with Crippen molar-refractivity contribution in [1.29, 1.82) is 0 Å². The van der Waals surface area contributed by atoms with E-state index in [-0.39, 0.29) is 4.90 Å². The molecule has 1 aliphatic heterocycles. The Balaban J connectivity index is 1.52. The van der Waals surface area contributed by atoms with E-state index in [2.05, 4.69) is 22.2 Å². The lowest BCUT2D eigenvalue weighted by atomic mass is 10.2. The number of nitrogens with zero attached hydrogens (tertiary/aromatic N) is 3. The van der Waals surface area contributed by atoms with Gasteiger partial charge in [-0.3, -0.25) is 9.10 Å². The van der Waals surface area contributed by atoms with E-state index in [9.17, 15) is 13.2 Å². The van der Waals surface area contributed by atoms with Crippen LogP contribution in [0.2, 0.25) is 5.02 Å². The van der Waals surface area contributed by atoms with Crippen molar-refractivity contribution in [2.24, 2.45) is 0 Å². The Labute approximate surface area is 217 Å². The summed E-state index contributed by atoms with van der Waals surface area (Å²) in [6.07, 6.45) is 0. The van der Waals surface area contributed by atoms with Gasteiger partial charge in [0.05, 0.1) is 17.7 Å². The Hall–Kier alpha value is -3.27. The number of rotatable bonds is 8. The van der Waals surface area contributed by atoms with Gasteiger partial charge in [0, 0.05) is 42.6 Å². The quantitative estimate of drug-likeness (QED) is 0.477. The first-order chi connectivity index (χ1) is 17.3. The molecule has 3 aromatic carbocycles. The Morgan fingerprint density at radius 1 is 1.00 bits per heavy atom. The van der Waals surface area contributed by atoms with Gasteiger partial charge >= 0.3 is 0 Å². The molecule has 0 bridgehead atoms. The highest BCUT2D eigenvalue weighted by Gasteiger charge is 2.27. The summed E-state index contributed by atoms with van der Waals surface area (Å²) in [4.78, 5) is 17.6. The Morgan fingerprint density at radius 3 is 2.28 bits per heavy atom. The number of piperazine rings is 1. The van der Waals surface area contributed by atoms with Gasteiger partial charge in [-0.1, -0.05) is 17.7 Å². The van der Waals surface area contributed by atoms with Crippen LogP contribution in [0.3, 0.4) is 0 Å². The van der Waals surface area contributed by atoms with Crippen LogP contribution in [0.4, 0.5) is 17.1 Å². The topological polar surface area (TPSA) is 82.2 Å². The van der Waals surface area contributed by atoms with Crippen LogP contribution in [0, 0.1) is 0 Å². The van der Waals surface area contributed by atoms with E-state index in [0.29, 0.717) is 22.1 Å². The minimum atomic E-state index is -4.06. The zero-order valence-electron chi connectivity index (χ0n) is 20.2. The fourth-order valence-electron chi connectivity index (χ4n) is 3.97.